The van der Waals surface area contributed by atoms with Gasteiger partial charge in [-0.1, -0.05) is 35.9 Å². The van der Waals surface area contributed by atoms with E-state index in [1.165, 1.54) is 16.8 Å². The quantitative estimate of drug-likeness (QED) is 0.811. The fourth-order valence-corrected chi connectivity index (χ4v) is 3.12. The predicted octanol–water partition coefficient (Wildman–Crippen LogP) is 4.94. The van der Waals surface area contributed by atoms with Gasteiger partial charge in [-0.15, -0.1) is 0 Å². The zero-order chi connectivity index (χ0) is 15.4. The summed E-state index contributed by atoms with van der Waals surface area (Å²) in [5, 5.41) is 0.716. The van der Waals surface area contributed by atoms with Crippen LogP contribution < -0.4 is 10.6 Å². The van der Waals surface area contributed by atoms with Crippen LogP contribution in [0.3, 0.4) is 0 Å². The summed E-state index contributed by atoms with van der Waals surface area (Å²) in [5.74, 6) is 0. The van der Waals surface area contributed by atoms with E-state index in [1.807, 2.05) is 12.1 Å². The summed E-state index contributed by atoms with van der Waals surface area (Å²) in [7, 11) is 0. The van der Waals surface area contributed by atoms with Crippen molar-refractivity contribution < 1.29 is 0 Å². The van der Waals surface area contributed by atoms with E-state index in [9.17, 15) is 0 Å². The van der Waals surface area contributed by atoms with Crippen LogP contribution in [0.5, 0.6) is 0 Å². The standard InChI is InChI=1S/C17H20BrClN2/c1-3-21(16-7-5-4-6-12(16)2)17(11-20)13-8-9-15(19)14(18)10-13/h4-10,17H,3,11,20H2,1-2H3. The fraction of sp³-hybridized carbons (Fsp3) is 0.294. The number of likely N-dealkylation sites (N-methyl/N-ethyl adjacent to an activating group) is 1. The third kappa shape index (κ3) is 3.60. The molecular weight excluding hydrogens is 348 g/mol. The SMILES string of the molecule is CCN(c1ccccc1C)C(CN)c1ccc(Cl)c(Br)c1. The van der Waals surface area contributed by atoms with Gasteiger partial charge in [-0.2, -0.15) is 0 Å². The first kappa shape index (κ1) is 16.3. The minimum Gasteiger partial charge on any atom is -0.363 e. The van der Waals surface area contributed by atoms with Crippen molar-refractivity contribution in [2.45, 2.75) is 19.9 Å². The van der Waals surface area contributed by atoms with Crippen molar-refractivity contribution in [3.63, 3.8) is 0 Å². The van der Waals surface area contributed by atoms with Gasteiger partial charge in [0, 0.05) is 23.2 Å². The smallest absolute Gasteiger partial charge is 0.0665 e. The highest BCUT2D eigenvalue weighted by Gasteiger charge is 2.20. The van der Waals surface area contributed by atoms with Crippen LogP contribution in [0.1, 0.15) is 24.1 Å². The van der Waals surface area contributed by atoms with Crippen molar-refractivity contribution in [3.05, 3.63) is 63.1 Å². The zero-order valence-electron chi connectivity index (χ0n) is 12.3. The second-order valence-electron chi connectivity index (χ2n) is 5.00. The van der Waals surface area contributed by atoms with Gasteiger partial charge < -0.3 is 10.6 Å². The lowest BCUT2D eigenvalue weighted by atomic mass is 10.0. The Bertz CT molecular complexity index is 615. The summed E-state index contributed by atoms with van der Waals surface area (Å²) in [5.41, 5.74) is 9.71. The summed E-state index contributed by atoms with van der Waals surface area (Å²) >= 11 is 9.59. The number of anilines is 1. The topological polar surface area (TPSA) is 29.3 Å². The van der Waals surface area contributed by atoms with Gasteiger partial charge in [-0.3, -0.25) is 0 Å². The molecule has 4 heteroatoms. The molecule has 0 amide bonds. The van der Waals surface area contributed by atoms with Gasteiger partial charge in [0.15, 0.2) is 0 Å². The minimum atomic E-state index is 0.129. The number of hydrogen-bond donors (Lipinski definition) is 1. The molecule has 0 radical (unpaired) electrons. The summed E-state index contributed by atoms with van der Waals surface area (Å²) in [6.45, 7) is 5.73. The third-order valence-electron chi connectivity index (χ3n) is 3.69. The molecule has 0 aromatic heterocycles. The maximum Gasteiger partial charge on any atom is 0.0665 e. The normalized spacial score (nSPS) is 12.2. The molecule has 2 nitrogen and oxygen atoms in total. The van der Waals surface area contributed by atoms with Crippen LogP contribution in [0.4, 0.5) is 5.69 Å². The van der Waals surface area contributed by atoms with Crippen molar-refractivity contribution in [1.82, 2.24) is 0 Å². The molecule has 0 saturated carbocycles. The first-order valence-corrected chi connectivity index (χ1v) is 8.22. The van der Waals surface area contributed by atoms with Crippen molar-refractivity contribution in [2.75, 3.05) is 18.0 Å². The van der Waals surface area contributed by atoms with E-state index < -0.39 is 0 Å². The first-order chi connectivity index (χ1) is 10.1. The molecule has 112 valence electrons. The number of para-hydroxylation sites is 1. The Balaban J connectivity index is 2.42. The number of hydrogen-bond acceptors (Lipinski definition) is 2. The summed E-state index contributed by atoms with van der Waals surface area (Å²) < 4.78 is 0.904. The van der Waals surface area contributed by atoms with Crippen LogP contribution in [0.15, 0.2) is 46.9 Å². The maximum atomic E-state index is 6.09. The van der Waals surface area contributed by atoms with Crippen molar-refractivity contribution in [3.8, 4) is 0 Å². The Morgan fingerprint density at radius 1 is 1.24 bits per heavy atom. The largest absolute Gasteiger partial charge is 0.363 e. The highest BCUT2D eigenvalue weighted by Crippen LogP contribution is 2.32. The van der Waals surface area contributed by atoms with Crippen LogP contribution >= 0.6 is 27.5 Å². The highest BCUT2D eigenvalue weighted by molar-refractivity contribution is 9.10. The van der Waals surface area contributed by atoms with Crippen molar-refractivity contribution >= 4 is 33.2 Å². The Morgan fingerprint density at radius 3 is 2.52 bits per heavy atom. The summed E-state index contributed by atoms with van der Waals surface area (Å²) in [6, 6.07) is 14.5. The molecule has 0 spiro atoms. The summed E-state index contributed by atoms with van der Waals surface area (Å²) in [4.78, 5) is 2.34. The summed E-state index contributed by atoms with van der Waals surface area (Å²) in [6.07, 6.45) is 0. The molecule has 2 aromatic carbocycles. The molecule has 21 heavy (non-hydrogen) atoms. The first-order valence-electron chi connectivity index (χ1n) is 7.05. The lowest BCUT2D eigenvalue weighted by Crippen LogP contribution is -2.34. The highest BCUT2D eigenvalue weighted by atomic mass is 79.9. The Kier molecular flexibility index (Phi) is 5.68. The Hall–Kier alpha value is -1.03. The third-order valence-corrected chi connectivity index (χ3v) is 4.91. The lowest BCUT2D eigenvalue weighted by molar-refractivity contribution is 0.641. The van der Waals surface area contributed by atoms with Crippen LogP contribution in [0.25, 0.3) is 0 Å². The molecule has 2 aromatic rings. The second kappa shape index (κ2) is 7.30. The Labute approximate surface area is 140 Å². The molecule has 0 fully saturated rings. The molecule has 2 N–H and O–H groups in total. The zero-order valence-corrected chi connectivity index (χ0v) is 14.7. The molecule has 2 rings (SSSR count). The van der Waals surface area contributed by atoms with Crippen molar-refractivity contribution in [1.29, 1.82) is 0 Å². The number of nitrogens with two attached hydrogens (primary N) is 1. The number of benzene rings is 2. The van der Waals surface area contributed by atoms with E-state index in [4.69, 9.17) is 17.3 Å². The van der Waals surface area contributed by atoms with Gasteiger partial charge in [0.05, 0.1) is 11.1 Å². The van der Waals surface area contributed by atoms with E-state index in [0.29, 0.717) is 11.6 Å². The Morgan fingerprint density at radius 2 is 1.95 bits per heavy atom. The van der Waals surface area contributed by atoms with Crippen molar-refractivity contribution in [2.24, 2.45) is 5.73 Å². The molecule has 0 aliphatic rings. The van der Waals surface area contributed by atoms with E-state index in [-0.39, 0.29) is 6.04 Å². The molecule has 0 aliphatic heterocycles. The lowest BCUT2D eigenvalue weighted by Gasteiger charge is -2.33. The number of halogens is 2. The molecule has 1 atom stereocenters. The van der Waals surface area contributed by atoms with Crippen LogP contribution in [0, 0.1) is 6.92 Å². The van der Waals surface area contributed by atoms with Crippen LogP contribution in [-0.2, 0) is 0 Å². The van der Waals surface area contributed by atoms with Crippen LogP contribution in [0.2, 0.25) is 5.02 Å². The average molecular weight is 368 g/mol. The van der Waals surface area contributed by atoms with Gasteiger partial charge in [0.25, 0.3) is 0 Å². The molecule has 0 heterocycles. The van der Waals surface area contributed by atoms with Crippen LogP contribution in [-0.4, -0.2) is 13.1 Å². The molecule has 0 aliphatic carbocycles. The fourth-order valence-electron chi connectivity index (χ4n) is 2.61. The average Bonchev–Trinajstić information content (AvgIpc) is 2.49. The predicted molar refractivity (Wildman–Crippen MR) is 95.1 cm³/mol. The van der Waals surface area contributed by atoms with Gasteiger partial charge in [-0.05, 0) is 59.1 Å². The van der Waals surface area contributed by atoms with E-state index in [2.05, 4.69) is 65.0 Å². The van der Waals surface area contributed by atoms with E-state index in [0.717, 1.165) is 11.0 Å². The second-order valence-corrected chi connectivity index (χ2v) is 6.26. The van der Waals surface area contributed by atoms with E-state index in [1.54, 1.807) is 0 Å². The molecular formula is C17H20BrClN2. The van der Waals surface area contributed by atoms with Gasteiger partial charge in [-0.25, -0.2) is 0 Å². The number of rotatable bonds is 5. The minimum absolute atomic E-state index is 0.129. The van der Waals surface area contributed by atoms with E-state index >= 15 is 0 Å². The molecule has 1 unspecified atom stereocenters. The maximum absolute atomic E-state index is 6.09. The monoisotopic (exact) mass is 366 g/mol. The van der Waals surface area contributed by atoms with Gasteiger partial charge in [0.2, 0.25) is 0 Å². The van der Waals surface area contributed by atoms with Gasteiger partial charge >= 0.3 is 0 Å². The number of aryl methyl sites for hydroxylation is 1. The molecule has 0 bridgehead atoms. The molecule has 0 saturated heterocycles. The number of nitrogens with zero attached hydrogens (tertiary/aromatic N) is 1. The van der Waals surface area contributed by atoms with Gasteiger partial charge in [0.1, 0.15) is 0 Å².